The molecule has 0 spiro atoms. The van der Waals surface area contributed by atoms with Crippen LogP contribution < -0.4 is 10.6 Å². The van der Waals surface area contributed by atoms with Gasteiger partial charge in [-0.2, -0.15) is 0 Å². The van der Waals surface area contributed by atoms with Gasteiger partial charge in [-0.05, 0) is 32.6 Å². The minimum atomic E-state index is -0.911. The molecule has 1 heterocycles. The zero-order valence-corrected chi connectivity index (χ0v) is 12.9. The van der Waals surface area contributed by atoms with Gasteiger partial charge in [-0.3, -0.25) is 19.8 Å². The molecule has 0 aliphatic carbocycles. The number of nitrogens with zero attached hydrogens (tertiary/aromatic N) is 1. The zero-order valence-electron chi connectivity index (χ0n) is 12.9. The van der Waals surface area contributed by atoms with E-state index in [1.54, 1.807) is 18.7 Å². The predicted molar refractivity (Wildman–Crippen MR) is 77.8 cm³/mol. The molecule has 1 fully saturated rings. The summed E-state index contributed by atoms with van der Waals surface area (Å²) in [4.78, 5) is 36.5. The van der Waals surface area contributed by atoms with E-state index in [2.05, 4.69) is 10.6 Å². The van der Waals surface area contributed by atoms with Crippen molar-refractivity contribution in [2.75, 3.05) is 13.1 Å². The number of rotatable bonds is 5. The van der Waals surface area contributed by atoms with Crippen molar-refractivity contribution < 1.29 is 19.5 Å². The van der Waals surface area contributed by atoms with E-state index in [1.807, 2.05) is 6.92 Å². The first-order chi connectivity index (χ1) is 9.90. The molecule has 0 saturated carbocycles. The van der Waals surface area contributed by atoms with Crippen molar-refractivity contribution >= 4 is 17.9 Å². The Morgan fingerprint density at radius 2 is 2.00 bits per heavy atom. The fraction of sp³-hybridized carbons (Fsp3) is 0.786. The summed E-state index contributed by atoms with van der Waals surface area (Å²) in [6.07, 6.45) is 2.36. The minimum absolute atomic E-state index is 0.376. The maximum absolute atomic E-state index is 12.0. The molecule has 21 heavy (non-hydrogen) atoms. The highest BCUT2D eigenvalue weighted by molar-refractivity contribution is 5.97. The predicted octanol–water partition coefficient (Wildman–Crippen LogP) is 0.796. The van der Waals surface area contributed by atoms with Crippen LogP contribution in [0.5, 0.6) is 0 Å². The standard InChI is InChI=1S/C14H25N3O4/c1-4-10-6-7-17(11(8-10)13(19)20)9(3)12(18)16-14(21)15-5-2/h9-11H,4-8H2,1-3H3,(H,19,20)(H2,15,16,18,21). The SMILES string of the molecule is CCNC(=O)NC(=O)C(C)N1CCC(CC)CC1C(=O)O. The van der Waals surface area contributed by atoms with Crippen molar-refractivity contribution in [2.24, 2.45) is 5.92 Å². The van der Waals surface area contributed by atoms with Crippen LogP contribution in [0.2, 0.25) is 0 Å². The van der Waals surface area contributed by atoms with Crippen molar-refractivity contribution in [3.8, 4) is 0 Å². The van der Waals surface area contributed by atoms with E-state index < -0.39 is 30.0 Å². The summed E-state index contributed by atoms with van der Waals surface area (Å²) in [5.41, 5.74) is 0. The Balaban J connectivity index is 2.70. The molecule has 1 rings (SSSR count). The summed E-state index contributed by atoms with van der Waals surface area (Å²) < 4.78 is 0. The van der Waals surface area contributed by atoms with Crippen LogP contribution in [0.1, 0.15) is 40.0 Å². The summed E-state index contributed by atoms with van der Waals surface area (Å²) in [5.74, 6) is -1.01. The number of aliphatic carboxylic acids is 1. The van der Waals surface area contributed by atoms with Gasteiger partial charge in [0.1, 0.15) is 6.04 Å². The Morgan fingerprint density at radius 1 is 1.33 bits per heavy atom. The number of carboxylic acids is 1. The first-order valence-electron chi connectivity index (χ1n) is 7.47. The smallest absolute Gasteiger partial charge is 0.321 e. The highest BCUT2D eigenvalue weighted by Crippen LogP contribution is 2.27. The number of imide groups is 1. The maximum atomic E-state index is 12.0. The number of amides is 3. The molecule has 3 unspecified atom stereocenters. The molecule has 0 aromatic carbocycles. The van der Waals surface area contributed by atoms with E-state index in [9.17, 15) is 19.5 Å². The van der Waals surface area contributed by atoms with Crippen LogP contribution in [-0.4, -0.2) is 53.1 Å². The number of urea groups is 1. The summed E-state index contributed by atoms with van der Waals surface area (Å²) in [6.45, 7) is 6.41. The molecule has 120 valence electrons. The van der Waals surface area contributed by atoms with E-state index in [0.717, 1.165) is 12.8 Å². The van der Waals surface area contributed by atoms with Crippen molar-refractivity contribution in [3.63, 3.8) is 0 Å². The molecule has 0 bridgehead atoms. The topological polar surface area (TPSA) is 98.7 Å². The number of piperidine rings is 1. The number of likely N-dealkylation sites (tertiary alicyclic amines) is 1. The van der Waals surface area contributed by atoms with Crippen molar-refractivity contribution in [3.05, 3.63) is 0 Å². The quantitative estimate of drug-likeness (QED) is 0.697. The van der Waals surface area contributed by atoms with E-state index in [4.69, 9.17) is 0 Å². The Kier molecular flexibility index (Phi) is 6.61. The third-order valence-corrected chi connectivity index (χ3v) is 4.07. The summed E-state index contributed by atoms with van der Waals surface area (Å²) in [6, 6.07) is -1.87. The molecule has 0 aromatic rings. The fourth-order valence-electron chi connectivity index (χ4n) is 2.71. The van der Waals surface area contributed by atoms with Crippen LogP contribution in [0.25, 0.3) is 0 Å². The number of carbonyl (C=O) groups excluding carboxylic acids is 2. The molecule has 0 radical (unpaired) electrons. The van der Waals surface area contributed by atoms with E-state index in [-0.39, 0.29) is 0 Å². The molecule has 3 atom stereocenters. The Bertz CT molecular complexity index is 400. The second kappa shape index (κ2) is 7.97. The average Bonchev–Trinajstić information content (AvgIpc) is 2.45. The molecule has 7 nitrogen and oxygen atoms in total. The van der Waals surface area contributed by atoms with Gasteiger partial charge in [0.05, 0.1) is 6.04 Å². The number of nitrogens with one attached hydrogen (secondary N) is 2. The van der Waals surface area contributed by atoms with Gasteiger partial charge >= 0.3 is 12.0 Å². The first kappa shape index (κ1) is 17.4. The van der Waals surface area contributed by atoms with Crippen LogP contribution in [0.3, 0.4) is 0 Å². The molecule has 0 aromatic heterocycles. The maximum Gasteiger partial charge on any atom is 0.321 e. The third kappa shape index (κ3) is 4.70. The van der Waals surface area contributed by atoms with Gasteiger partial charge in [0, 0.05) is 13.1 Å². The second-order valence-corrected chi connectivity index (χ2v) is 5.42. The van der Waals surface area contributed by atoms with Crippen LogP contribution in [-0.2, 0) is 9.59 Å². The van der Waals surface area contributed by atoms with Gasteiger partial charge in [0.2, 0.25) is 5.91 Å². The summed E-state index contributed by atoms with van der Waals surface area (Å²) >= 11 is 0. The average molecular weight is 299 g/mol. The monoisotopic (exact) mass is 299 g/mol. The molecule has 1 aliphatic rings. The number of hydrogen-bond donors (Lipinski definition) is 3. The lowest BCUT2D eigenvalue weighted by molar-refractivity contribution is -0.148. The van der Waals surface area contributed by atoms with Crippen LogP contribution >= 0.6 is 0 Å². The number of carbonyl (C=O) groups is 3. The highest BCUT2D eigenvalue weighted by atomic mass is 16.4. The lowest BCUT2D eigenvalue weighted by atomic mass is 9.88. The first-order valence-corrected chi connectivity index (χ1v) is 7.47. The van der Waals surface area contributed by atoms with Crippen molar-refractivity contribution in [1.29, 1.82) is 0 Å². The molecule has 1 aliphatic heterocycles. The molecular formula is C14H25N3O4. The van der Waals surface area contributed by atoms with Gasteiger partial charge in [-0.1, -0.05) is 13.3 Å². The minimum Gasteiger partial charge on any atom is -0.480 e. The summed E-state index contributed by atoms with van der Waals surface area (Å²) in [5, 5.41) is 14.1. The second-order valence-electron chi connectivity index (χ2n) is 5.42. The fourth-order valence-corrected chi connectivity index (χ4v) is 2.71. The number of carboxylic acid groups (broad SMARTS) is 1. The largest absolute Gasteiger partial charge is 0.480 e. The lowest BCUT2D eigenvalue weighted by Gasteiger charge is -2.39. The number of hydrogen-bond acceptors (Lipinski definition) is 4. The van der Waals surface area contributed by atoms with Crippen molar-refractivity contribution in [1.82, 2.24) is 15.5 Å². The van der Waals surface area contributed by atoms with E-state index >= 15 is 0 Å². The van der Waals surface area contributed by atoms with Gasteiger partial charge in [0.25, 0.3) is 0 Å². The third-order valence-electron chi connectivity index (χ3n) is 4.07. The molecule has 3 N–H and O–H groups in total. The zero-order chi connectivity index (χ0) is 16.0. The molecule has 3 amide bonds. The molecule has 7 heteroatoms. The Morgan fingerprint density at radius 3 is 2.52 bits per heavy atom. The van der Waals surface area contributed by atoms with Crippen LogP contribution in [0, 0.1) is 5.92 Å². The normalized spacial score (nSPS) is 24.1. The lowest BCUT2D eigenvalue weighted by Crippen LogP contribution is -2.57. The highest BCUT2D eigenvalue weighted by Gasteiger charge is 2.37. The van der Waals surface area contributed by atoms with Gasteiger partial charge in [0.15, 0.2) is 0 Å². The van der Waals surface area contributed by atoms with Gasteiger partial charge in [-0.15, -0.1) is 0 Å². The van der Waals surface area contributed by atoms with Crippen LogP contribution in [0.15, 0.2) is 0 Å². The Hall–Kier alpha value is -1.63. The van der Waals surface area contributed by atoms with E-state index in [0.29, 0.717) is 25.4 Å². The summed E-state index contributed by atoms with van der Waals surface area (Å²) in [7, 11) is 0. The molecule has 1 saturated heterocycles. The van der Waals surface area contributed by atoms with Crippen LogP contribution in [0.4, 0.5) is 4.79 Å². The van der Waals surface area contributed by atoms with Gasteiger partial charge in [-0.25, -0.2) is 4.79 Å². The van der Waals surface area contributed by atoms with Gasteiger partial charge < -0.3 is 10.4 Å². The molecular weight excluding hydrogens is 274 g/mol. The van der Waals surface area contributed by atoms with Crippen molar-refractivity contribution in [2.45, 2.75) is 52.1 Å². The van der Waals surface area contributed by atoms with E-state index in [1.165, 1.54) is 0 Å². The Labute approximate surface area is 125 Å².